The van der Waals surface area contributed by atoms with Crippen LogP contribution in [0.25, 0.3) is 32.9 Å². The predicted molar refractivity (Wildman–Crippen MR) is 145 cm³/mol. The van der Waals surface area contributed by atoms with Gasteiger partial charge in [-0.1, -0.05) is 41.9 Å². The van der Waals surface area contributed by atoms with Crippen molar-refractivity contribution in [2.24, 2.45) is 5.73 Å². The minimum Gasteiger partial charge on any atom is -0.389 e. The number of carbonyl (C=O) groups excluding carboxylic acids is 2. The van der Waals surface area contributed by atoms with Gasteiger partial charge in [-0.3, -0.25) is 9.59 Å². The molecule has 1 atom stereocenters. The molecule has 0 spiro atoms. The highest BCUT2D eigenvalue weighted by atomic mass is 35.5. The van der Waals surface area contributed by atoms with E-state index < -0.39 is 12.0 Å². The van der Waals surface area contributed by atoms with Crippen LogP contribution in [0.5, 0.6) is 0 Å². The van der Waals surface area contributed by atoms with E-state index in [-0.39, 0.29) is 11.6 Å². The largest absolute Gasteiger partial charge is 0.389 e. The van der Waals surface area contributed by atoms with Crippen LogP contribution in [0.15, 0.2) is 60.8 Å². The zero-order valence-corrected chi connectivity index (χ0v) is 20.9. The van der Waals surface area contributed by atoms with E-state index in [2.05, 4.69) is 9.97 Å². The number of anilines is 1. The van der Waals surface area contributed by atoms with E-state index in [1.165, 1.54) is 0 Å². The van der Waals surface area contributed by atoms with Crippen molar-refractivity contribution in [2.45, 2.75) is 26.5 Å². The summed E-state index contributed by atoms with van der Waals surface area (Å²) < 4.78 is 0. The molecule has 1 aliphatic rings. The van der Waals surface area contributed by atoms with E-state index in [0.717, 1.165) is 49.8 Å². The Kier molecular flexibility index (Phi) is 5.29. The van der Waals surface area contributed by atoms with Crippen molar-refractivity contribution in [1.29, 1.82) is 0 Å². The summed E-state index contributed by atoms with van der Waals surface area (Å²) in [6.07, 6.45) is 1.02. The zero-order valence-electron chi connectivity index (χ0n) is 20.2. The Morgan fingerprint density at radius 2 is 1.95 bits per heavy atom. The van der Waals surface area contributed by atoms with Gasteiger partial charge in [-0.05, 0) is 60.4 Å². The van der Waals surface area contributed by atoms with Gasteiger partial charge in [-0.2, -0.15) is 0 Å². The second-order valence-corrected chi connectivity index (χ2v) is 9.82. The zero-order chi connectivity index (χ0) is 26.0. The summed E-state index contributed by atoms with van der Waals surface area (Å²) in [5, 5.41) is 12.3. The molecule has 3 heterocycles. The Hall–Kier alpha value is -4.20. The van der Waals surface area contributed by atoms with E-state index >= 15 is 0 Å². The van der Waals surface area contributed by atoms with Gasteiger partial charge in [-0.15, -0.1) is 0 Å². The number of fused-ring (bicyclic) bond motifs is 4. The molecule has 1 unspecified atom stereocenters. The highest BCUT2D eigenvalue weighted by Gasteiger charge is 2.30. The van der Waals surface area contributed by atoms with Crippen LogP contribution in [0.3, 0.4) is 0 Å². The molecule has 4 N–H and O–H groups in total. The van der Waals surface area contributed by atoms with Crippen LogP contribution in [0.2, 0.25) is 5.02 Å². The number of pyridine rings is 1. The molecule has 0 fully saturated rings. The molecule has 0 aliphatic carbocycles. The van der Waals surface area contributed by atoms with Gasteiger partial charge in [0.1, 0.15) is 0 Å². The molecule has 2 amide bonds. The van der Waals surface area contributed by atoms with Gasteiger partial charge < -0.3 is 20.7 Å². The van der Waals surface area contributed by atoms with E-state index in [4.69, 9.17) is 17.3 Å². The van der Waals surface area contributed by atoms with Crippen LogP contribution < -0.4 is 10.6 Å². The molecule has 6 rings (SSSR count). The third-order valence-corrected chi connectivity index (χ3v) is 7.36. The number of nitrogens with zero attached hydrogens (tertiary/aromatic N) is 2. The summed E-state index contributed by atoms with van der Waals surface area (Å²) in [7, 11) is 0. The smallest absolute Gasteiger partial charge is 0.269 e. The number of aromatic nitrogens is 2. The normalized spacial score (nSPS) is 13.9. The third-order valence-electron chi connectivity index (χ3n) is 7.13. The van der Waals surface area contributed by atoms with Crippen LogP contribution in [-0.2, 0) is 6.54 Å². The lowest BCUT2D eigenvalue weighted by atomic mass is 9.95. The second kappa shape index (κ2) is 8.44. The Labute approximate surface area is 217 Å². The van der Waals surface area contributed by atoms with Crippen molar-refractivity contribution in [1.82, 2.24) is 9.97 Å². The summed E-state index contributed by atoms with van der Waals surface area (Å²) in [6.45, 7) is 4.13. The Morgan fingerprint density at radius 1 is 1.14 bits per heavy atom. The fraction of sp³-hybridized carbons (Fsp3) is 0.138. The van der Waals surface area contributed by atoms with Gasteiger partial charge >= 0.3 is 0 Å². The van der Waals surface area contributed by atoms with Gasteiger partial charge in [0.05, 0.1) is 18.2 Å². The Bertz CT molecular complexity index is 1770. The first-order chi connectivity index (χ1) is 17.7. The van der Waals surface area contributed by atoms with E-state index in [1.807, 2.05) is 49.4 Å². The summed E-state index contributed by atoms with van der Waals surface area (Å²) in [4.78, 5) is 35.0. The van der Waals surface area contributed by atoms with E-state index in [0.29, 0.717) is 22.6 Å². The number of aromatic amines is 1. The number of rotatable bonds is 4. The van der Waals surface area contributed by atoms with Crippen molar-refractivity contribution in [3.8, 4) is 11.1 Å². The molecule has 7 nitrogen and oxygen atoms in total. The van der Waals surface area contributed by atoms with Crippen molar-refractivity contribution in [3.05, 3.63) is 93.8 Å². The predicted octanol–water partition coefficient (Wildman–Crippen LogP) is 5.66. The Morgan fingerprint density at radius 3 is 2.70 bits per heavy atom. The highest BCUT2D eigenvalue weighted by molar-refractivity contribution is 6.31. The van der Waals surface area contributed by atoms with Crippen LogP contribution in [0.1, 0.15) is 50.6 Å². The molecule has 2 aromatic heterocycles. The molecule has 5 aromatic rings. The van der Waals surface area contributed by atoms with Gasteiger partial charge in [0.2, 0.25) is 0 Å². The van der Waals surface area contributed by atoms with Gasteiger partial charge in [-0.25, -0.2) is 4.98 Å². The maximum atomic E-state index is 13.3. The number of hydrogen-bond donors (Lipinski definition) is 3. The highest BCUT2D eigenvalue weighted by Crippen LogP contribution is 2.41. The number of aliphatic hydroxyl groups excluding tert-OH is 1. The van der Waals surface area contributed by atoms with Crippen LogP contribution in [0, 0.1) is 6.92 Å². The minimum absolute atomic E-state index is 0.0946. The first-order valence-electron chi connectivity index (χ1n) is 11.9. The topological polar surface area (TPSA) is 112 Å². The molecular formula is C29H23ClN4O3. The fourth-order valence-corrected chi connectivity index (χ4v) is 5.43. The molecular weight excluding hydrogens is 488 g/mol. The minimum atomic E-state index is -0.639. The van der Waals surface area contributed by atoms with E-state index in [1.54, 1.807) is 30.2 Å². The van der Waals surface area contributed by atoms with E-state index in [9.17, 15) is 14.7 Å². The summed E-state index contributed by atoms with van der Waals surface area (Å²) in [5.41, 5.74) is 12.8. The molecule has 184 valence electrons. The average Bonchev–Trinajstić information content (AvgIpc) is 3.41. The van der Waals surface area contributed by atoms with Crippen molar-refractivity contribution in [2.75, 3.05) is 4.90 Å². The summed E-state index contributed by atoms with van der Waals surface area (Å²) in [5.74, 6) is -0.730. The van der Waals surface area contributed by atoms with Gasteiger partial charge in [0.15, 0.2) is 5.69 Å². The molecule has 0 saturated carbocycles. The number of nitrogens with one attached hydrogen (secondary N) is 1. The molecule has 0 saturated heterocycles. The first-order valence-corrected chi connectivity index (χ1v) is 12.2. The van der Waals surface area contributed by atoms with Crippen LogP contribution >= 0.6 is 11.6 Å². The van der Waals surface area contributed by atoms with Gasteiger partial charge in [0, 0.05) is 44.3 Å². The lowest BCUT2D eigenvalue weighted by Gasteiger charge is -2.21. The molecule has 0 radical (unpaired) electrons. The SMILES string of the molecule is Cc1c(-c2cnc(C(N)=O)c3[nH]c4cc(C(C)O)ccc4c23)cccc1N1Cc2ccc(Cl)cc2C1=O. The lowest BCUT2D eigenvalue weighted by molar-refractivity contribution is 0.0988. The number of benzene rings is 3. The molecule has 37 heavy (non-hydrogen) atoms. The standard InChI is InChI=1S/C29H23ClN4O3/c1-14-19(4-3-5-24(14)34-13-17-6-8-18(30)11-21(17)29(34)37)22-12-32-27(28(31)36)26-25(22)20-9-7-16(15(2)35)10-23(20)33-26/h3-12,15,33,35H,13H2,1-2H3,(H2,31,36). The summed E-state index contributed by atoms with van der Waals surface area (Å²) >= 11 is 6.15. The van der Waals surface area contributed by atoms with Crippen LogP contribution in [0.4, 0.5) is 5.69 Å². The molecule has 3 aromatic carbocycles. The van der Waals surface area contributed by atoms with Crippen LogP contribution in [-0.4, -0.2) is 26.9 Å². The van der Waals surface area contributed by atoms with Crippen molar-refractivity contribution < 1.29 is 14.7 Å². The lowest BCUT2D eigenvalue weighted by Crippen LogP contribution is -2.24. The van der Waals surface area contributed by atoms with Crippen molar-refractivity contribution in [3.63, 3.8) is 0 Å². The quantitative estimate of drug-likeness (QED) is 0.289. The number of primary amides is 1. The number of H-pyrrole nitrogens is 1. The number of nitrogens with two attached hydrogens (primary N) is 1. The van der Waals surface area contributed by atoms with Crippen molar-refractivity contribution >= 4 is 50.9 Å². The maximum absolute atomic E-state index is 13.3. The monoisotopic (exact) mass is 510 g/mol. The number of hydrogen-bond acceptors (Lipinski definition) is 4. The number of aliphatic hydroxyl groups is 1. The maximum Gasteiger partial charge on any atom is 0.269 e. The Balaban J connectivity index is 1.56. The third kappa shape index (κ3) is 3.58. The number of halogens is 1. The number of carbonyl (C=O) groups is 2. The summed E-state index contributed by atoms with van der Waals surface area (Å²) in [6, 6.07) is 16.9. The number of amides is 2. The first kappa shape index (κ1) is 23.2. The average molecular weight is 511 g/mol. The molecule has 1 aliphatic heterocycles. The fourth-order valence-electron chi connectivity index (χ4n) is 5.26. The molecule has 0 bridgehead atoms. The van der Waals surface area contributed by atoms with Gasteiger partial charge in [0.25, 0.3) is 11.8 Å². The molecule has 8 heteroatoms. The second-order valence-electron chi connectivity index (χ2n) is 9.38.